The van der Waals surface area contributed by atoms with Gasteiger partial charge in [-0.3, -0.25) is 4.79 Å². The van der Waals surface area contributed by atoms with Crippen LogP contribution in [0.1, 0.15) is 25.7 Å². The summed E-state index contributed by atoms with van der Waals surface area (Å²) in [4.78, 5) is 14.6. The lowest BCUT2D eigenvalue weighted by atomic mass is 10.3. The number of carboxylic acid groups (broad SMARTS) is 1. The number of aromatic nitrogens is 1. The third-order valence-corrected chi connectivity index (χ3v) is 5.19. The minimum atomic E-state index is -3.43. The van der Waals surface area contributed by atoms with Gasteiger partial charge in [0.25, 0.3) is 0 Å². The summed E-state index contributed by atoms with van der Waals surface area (Å²) >= 11 is 0. The molecule has 21 heavy (non-hydrogen) atoms. The van der Waals surface area contributed by atoms with E-state index in [1.165, 1.54) is 16.6 Å². The van der Waals surface area contributed by atoms with Gasteiger partial charge in [0, 0.05) is 32.3 Å². The molecule has 2 heterocycles. The van der Waals surface area contributed by atoms with Gasteiger partial charge in [0.15, 0.2) is 0 Å². The maximum atomic E-state index is 12.3. The molecule has 7 nitrogen and oxygen atoms in total. The van der Waals surface area contributed by atoms with Gasteiger partial charge in [-0.1, -0.05) is 0 Å². The molecule has 0 spiro atoms. The van der Waals surface area contributed by atoms with E-state index in [1.807, 2.05) is 0 Å². The van der Waals surface area contributed by atoms with Crippen LogP contribution < -0.4 is 5.32 Å². The summed E-state index contributed by atoms with van der Waals surface area (Å²) < 4.78 is 26.0. The lowest BCUT2D eigenvalue weighted by Gasteiger charge is -2.15. The average Bonchev–Trinajstić information content (AvgIpc) is 2.99. The number of pyridine rings is 1. The molecule has 0 aromatic carbocycles. The summed E-state index contributed by atoms with van der Waals surface area (Å²) in [7, 11) is -3.43. The first kappa shape index (κ1) is 15.7. The van der Waals surface area contributed by atoms with Crippen molar-refractivity contribution >= 4 is 21.8 Å². The van der Waals surface area contributed by atoms with E-state index >= 15 is 0 Å². The van der Waals surface area contributed by atoms with E-state index in [2.05, 4.69) is 10.3 Å². The standard InChI is InChI=1S/C13H19N3O4S/c17-13(18)4-3-7-14-12-6-5-11(10-15-12)21(19,20)16-8-1-2-9-16/h5-6,10H,1-4,7-9H2,(H,14,15)(H,17,18). The van der Waals surface area contributed by atoms with Crippen LogP contribution in [0.3, 0.4) is 0 Å². The summed E-state index contributed by atoms with van der Waals surface area (Å²) in [5.41, 5.74) is 0. The number of nitrogens with one attached hydrogen (secondary N) is 1. The topological polar surface area (TPSA) is 99.6 Å². The van der Waals surface area contributed by atoms with Crippen LogP contribution >= 0.6 is 0 Å². The van der Waals surface area contributed by atoms with Gasteiger partial charge in [-0.2, -0.15) is 4.31 Å². The predicted molar refractivity (Wildman–Crippen MR) is 77.6 cm³/mol. The van der Waals surface area contributed by atoms with Crippen molar-refractivity contribution in [2.45, 2.75) is 30.6 Å². The summed E-state index contributed by atoms with van der Waals surface area (Å²) in [5, 5.41) is 11.5. The first-order valence-corrected chi connectivity index (χ1v) is 8.36. The highest BCUT2D eigenvalue weighted by Gasteiger charge is 2.27. The number of aliphatic carboxylic acids is 1. The molecule has 1 fully saturated rings. The van der Waals surface area contributed by atoms with E-state index in [1.54, 1.807) is 6.07 Å². The normalized spacial score (nSPS) is 16.0. The zero-order valence-corrected chi connectivity index (χ0v) is 12.5. The first-order valence-electron chi connectivity index (χ1n) is 6.92. The van der Waals surface area contributed by atoms with Crippen molar-refractivity contribution < 1.29 is 18.3 Å². The Morgan fingerprint density at radius 3 is 2.62 bits per heavy atom. The van der Waals surface area contributed by atoms with E-state index in [0.29, 0.717) is 31.9 Å². The molecule has 0 amide bonds. The molecule has 1 saturated heterocycles. The molecule has 0 atom stereocenters. The Hall–Kier alpha value is -1.67. The van der Waals surface area contributed by atoms with Crippen molar-refractivity contribution in [1.82, 2.24) is 9.29 Å². The van der Waals surface area contributed by atoms with Gasteiger partial charge in [0.05, 0.1) is 0 Å². The van der Waals surface area contributed by atoms with Gasteiger partial charge in [-0.15, -0.1) is 0 Å². The van der Waals surface area contributed by atoms with Crippen LogP contribution in [0.2, 0.25) is 0 Å². The third-order valence-electron chi connectivity index (χ3n) is 3.31. The number of carboxylic acids is 1. The van der Waals surface area contributed by atoms with E-state index in [-0.39, 0.29) is 11.3 Å². The molecule has 2 rings (SSSR count). The maximum Gasteiger partial charge on any atom is 0.303 e. The van der Waals surface area contributed by atoms with Crippen LogP contribution in [-0.2, 0) is 14.8 Å². The van der Waals surface area contributed by atoms with Crippen LogP contribution in [-0.4, -0.2) is 48.4 Å². The molecule has 1 aliphatic rings. The summed E-state index contributed by atoms with van der Waals surface area (Å²) in [6.45, 7) is 1.62. The quantitative estimate of drug-likeness (QED) is 0.732. The van der Waals surface area contributed by atoms with Crippen LogP contribution in [0.5, 0.6) is 0 Å². The molecule has 1 aromatic heterocycles. The fourth-order valence-corrected chi connectivity index (χ4v) is 3.63. The second kappa shape index (κ2) is 6.86. The zero-order valence-electron chi connectivity index (χ0n) is 11.7. The van der Waals surface area contributed by atoms with E-state index in [4.69, 9.17) is 5.11 Å². The number of nitrogens with zero attached hydrogens (tertiary/aromatic N) is 2. The van der Waals surface area contributed by atoms with Gasteiger partial charge in [-0.25, -0.2) is 13.4 Å². The van der Waals surface area contributed by atoms with Crippen LogP contribution in [0.4, 0.5) is 5.82 Å². The largest absolute Gasteiger partial charge is 0.481 e. The maximum absolute atomic E-state index is 12.3. The van der Waals surface area contributed by atoms with Gasteiger partial charge in [0.1, 0.15) is 10.7 Å². The van der Waals surface area contributed by atoms with Crippen LogP contribution in [0.25, 0.3) is 0 Å². The Balaban J connectivity index is 1.93. The van der Waals surface area contributed by atoms with Crippen molar-refractivity contribution in [3.05, 3.63) is 18.3 Å². The Kier molecular flexibility index (Phi) is 5.13. The molecule has 0 radical (unpaired) electrons. The predicted octanol–water partition coefficient (Wildman–Crippen LogP) is 1.14. The lowest BCUT2D eigenvalue weighted by molar-refractivity contribution is -0.137. The molecule has 0 aliphatic carbocycles. The van der Waals surface area contributed by atoms with E-state index in [0.717, 1.165) is 12.8 Å². The Morgan fingerprint density at radius 2 is 2.05 bits per heavy atom. The van der Waals surface area contributed by atoms with Crippen molar-refractivity contribution in [1.29, 1.82) is 0 Å². The number of anilines is 1. The highest BCUT2D eigenvalue weighted by molar-refractivity contribution is 7.89. The average molecular weight is 313 g/mol. The molecule has 0 saturated carbocycles. The fourth-order valence-electron chi connectivity index (χ4n) is 2.17. The van der Waals surface area contributed by atoms with Gasteiger partial charge in [0.2, 0.25) is 10.0 Å². The highest BCUT2D eigenvalue weighted by Crippen LogP contribution is 2.20. The lowest BCUT2D eigenvalue weighted by Crippen LogP contribution is -2.27. The number of sulfonamides is 1. The number of rotatable bonds is 7. The smallest absolute Gasteiger partial charge is 0.303 e. The summed E-state index contributed by atoms with van der Waals surface area (Å²) in [6, 6.07) is 3.13. The van der Waals surface area contributed by atoms with Crippen molar-refractivity contribution in [2.24, 2.45) is 0 Å². The second-order valence-electron chi connectivity index (χ2n) is 4.91. The Labute approximate surface area is 124 Å². The van der Waals surface area contributed by atoms with Gasteiger partial charge < -0.3 is 10.4 Å². The first-order chi connectivity index (χ1) is 10.00. The SMILES string of the molecule is O=C(O)CCCNc1ccc(S(=O)(=O)N2CCCC2)cn1. The van der Waals surface area contributed by atoms with Crippen molar-refractivity contribution in [3.63, 3.8) is 0 Å². The van der Waals surface area contributed by atoms with E-state index < -0.39 is 16.0 Å². The molecule has 1 aromatic rings. The van der Waals surface area contributed by atoms with Crippen molar-refractivity contribution in [3.8, 4) is 0 Å². The monoisotopic (exact) mass is 313 g/mol. The van der Waals surface area contributed by atoms with Crippen LogP contribution in [0.15, 0.2) is 23.2 Å². The number of carbonyl (C=O) groups is 1. The summed E-state index contributed by atoms with van der Waals surface area (Å²) in [5.74, 6) is -0.294. The number of hydrogen-bond acceptors (Lipinski definition) is 5. The van der Waals surface area contributed by atoms with Crippen molar-refractivity contribution in [2.75, 3.05) is 25.0 Å². The Morgan fingerprint density at radius 1 is 1.33 bits per heavy atom. The zero-order chi connectivity index (χ0) is 15.3. The number of hydrogen-bond donors (Lipinski definition) is 2. The van der Waals surface area contributed by atoms with Gasteiger partial charge >= 0.3 is 5.97 Å². The fraction of sp³-hybridized carbons (Fsp3) is 0.538. The molecule has 2 N–H and O–H groups in total. The minimum Gasteiger partial charge on any atom is -0.481 e. The van der Waals surface area contributed by atoms with Gasteiger partial charge in [-0.05, 0) is 31.4 Å². The van der Waals surface area contributed by atoms with E-state index in [9.17, 15) is 13.2 Å². The molecule has 8 heteroatoms. The molecule has 0 bridgehead atoms. The molecule has 116 valence electrons. The minimum absolute atomic E-state index is 0.0917. The summed E-state index contributed by atoms with van der Waals surface area (Å²) in [6.07, 6.45) is 3.72. The highest BCUT2D eigenvalue weighted by atomic mass is 32.2. The Bertz CT molecular complexity index is 580. The second-order valence-corrected chi connectivity index (χ2v) is 6.85. The third kappa shape index (κ3) is 4.15. The molecule has 0 unspecified atom stereocenters. The molecule has 1 aliphatic heterocycles. The van der Waals surface area contributed by atoms with Crippen LogP contribution in [0, 0.1) is 0 Å². The molecular formula is C13H19N3O4S. The molecular weight excluding hydrogens is 294 g/mol.